The van der Waals surface area contributed by atoms with Crippen LogP contribution >= 0.6 is 0 Å². The minimum atomic E-state index is -3.27. The molecule has 116 valence electrons. The monoisotopic (exact) mass is 313 g/mol. The lowest BCUT2D eigenvalue weighted by Gasteiger charge is -2.34. The molecular weight excluding hydrogens is 294 g/mol. The summed E-state index contributed by atoms with van der Waals surface area (Å²) in [5.41, 5.74) is 0.705. The number of anilines is 1. The van der Waals surface area contributed by atoms with E-state index in [0.29, 0.717) is 36.5 Å². The van der Waals surface area contributed by atoms with Gasteiger partial charge in [0, 0.05) is 19.3 Å². The molecule has 0 unspecified atom stereocenters. The Morgan fingerprint density at radius 3 is 2.52 bits per heavy atom. The Balaban J connectivity index is 2.05. The van der Waals surface area contributed by atoms with Gasteiger partial charge in [-0.15, -0.1) is 0 Å². The van der Waals surface area contributed by atoms with E-state index >= 15 is 0 Å². The van der Waals surface area contributed by atoms with E-state index in [9.17, 15) is 13.2 Å². The maximum Gasteiger partial charge on any atom is 0.329 e. The van der Waals surface area contributed by atoms with Gasteiger partial charge in [-0.3, -0.25) is 0 Å². The van der Waals surface area contributed by atoms with Crippen molar-refractivity contribution >= 4 is 21.5 Å². The van der Waals surface area contributed by atoms with Crippen molar-refractivity contribution in [1.29, 1.82) is 0 Å². The van der Waals surface area contributed by atoms with Crippen LogP contribution in [0.15, 0.2) is 29.2 Å². The van der Waals surface area contributed by atoms with E-state index in [1.54, 1.807) is 18.2 Å². The van der Waals surface area contributed by atoms with Crippen molar-refractivity contribution in [2.24, 2.45) is 0 Å². The zero-order chi connectivity index (χ0) is 15.5. The Hall–Kier alpha value is -1.60. The van der Waals surface area contributed by atoms with E-state index in [1.807, 2.05) is 11.0 Å². The highest BCUT2D eigenvalue weighted by Crippen LogP contribution is 2.28. The van der Waals surface area contributed by atoms with Crippen LogP contribution in [0, 0.1) is 0 Å². The third-order valence-corrected chi connectivity index (χ3v) is 4.63. The lowest BCUT2D eigenvalue weighted by atomic mass is 10.1. The number of para-hydroxylation sites is 1. The average molecular weight is 313 g/mol. The number of sulfone groups is 1. The predicted molar refractivity (Wildman–Crippen MR) is 78.4 cm³/mol. The minimum absolute atomic E-state index is 0.0808. The second kappa shape index (κ2) is 6.44. The molecule has 0 radical (unpaired) electrons. The van der Waals surface area contributed by atoms with Crippen molar-refractivity contribution in [3.63, 3.8) is 0 Å². The summed E-state index contributed by atoms with van der Waals surface area (Å²) >= 11 is 0. The van der Waals surface area contributed by atoms with E-state index in [2.05, 4.69) is 0 Å². The molecule has 6 nitrogen and oxygen atoms in total. The SMILES string of the molecule is CS(=O)(=O)c1ccccc1N1CCC(OCC(=O)O)CC1. The third-order valence-electron chi connectivity index (χ3n) is 3.49. The van der Waals surface area contributed by atoms with Crippen molar-refractivity contribution in [3.05, 3.63) is 24.3 Å². The number of ether oxygens (including phenoxy) is 1. The molecule has 2 rings (SSSR count). The highest BCUT2D eigenvalue weighted by molar-refractivity contribution is 7.90. The van der Waals surface area contributed by atoms with Gasteiger partial charge in [0.05, 0.1) is 16.7 Å². The largest absolute Gasteiger partial charge is 0.480 e. The molecule has 0 amide bonds. The summed E-state index contributed by atoms with van der Waals surface area (Å²) < 4.78 is 28.9. The van der Waals surface area contributed by atoms with E-state index in [1.165, 1.54) is 6.26 Å². The molecule has 1 aromatic carbocycles. The number of aliphatic carboxylic acids is 1. The van der Waals surface area contributed by atoms with E-state index in [0.717, 1.165) is 0 Å². The van der Waals surface area contributed by atoms with Crippen LogP contribution in [-0.4, -0.2) is 51.5 Å². The van der Waals surface area contributed by atoms with Crippen molar-refractivity contribution in [3.8, 4) is 0 Å². The number of hydrogen-bond donors (Lipinski definition) is 1. The number of hydrogen-bond acceptors (Lipinski definition) is 5. The van der Waals surface area contributed by atoms with E-state index in [-0.39, 0.29) is 12.7 Å². The van der Waals surface area contributed by atoms with Crippen LogP contribution in [0.2, 0.25) is 0 Å². The normalized spacial score (nSPS) is 16.9. The van der Waals surface area contributed by atoms with Crippen LogP contribution in [0.5, 0.6) is 0 Å². The van der Waals surface area contributed by atoms with Crippen LogP contribution in [0.25, 0.3) is 0 Å². The first-order valence-corrected chi connectivity index (χ1v) is 8.64. The maximum absolute atomic E-state index is 11.8. The molecule has 1 saturated heterocycles. The van der Waals surface area contributed by atoms with Gasteiger partial charge in [-0.2, -0.15) is 0 Å². The van der Waals surface area contributed by atoms with Crippen LogP contribution in [0.3, 0.4) is 0 Å². The van der Waals surface area contributed by atoms with Crippen molar-refractivity contribution in [2.45, 2.75) is 23.8 Å². The summed E-state index contributed by atoms with van der Waals surface area (Å²) in [5.74, 6) is -0.972. The Kier molecular flexibility index (Phi) is 4.84. The number of carboxylic acids is 1. The predicted octanol–water partition coefficient (Wildman–Crippen LogP) is 1.16. The number of carbonyl (C=O) groups is 1. The van der Waals surface area contributed by atoms with Crippen molar-refractivity contribution in [1.82, 2.24) is 0 Å². The molecule has 0 spiro atoms. The van der Waals surface area contributed by atoms with Crippen molar-refractivity contribution in [2.75, 3.05) is 30.9 Å². The Morgan fingerprint density at radius 1 is 1.33 bits per heavy atom. The fraction of sp³-hybridized carbons (Fsp3) is 0.500. The fourth-order valence-corrected chi connectivity index (χ4v) is 3.39. The molecule has 7 heteroatoms. The van der Waals surface area contributed by atoms with Gasteiger partial charge < -0.3 is 14.7 Å². The number of piperidine rings is 1. The highest BCUT2D eigenvalue weighted by Gasteiger charge is 2.24. The van der Waals surface area contributed by atoms with Gasteiger partial charge in [-0.1, -0.05) is 12.1 Å². The minimum Gasteiger partial charge on any atom is -0.480 e. The summed E-state index contributed by atoms with van der Waals surface area (Å²) in [7, 11) is -3.27. The first kappa shape index (κ1) is 15.8. The molecule has 0 atom stereocenters. The third kappa shape index (κ3) is 4.18. The molecule has 1 fully saturated rings. The molecule has 1 heterocycles. The molecule has 0 saturated carbocycles. The fourth-order valence-electron chi connectivity index (χ4n) is 2.48. The molecule has 0 aromatic heterocycles. The zero-order valence-electron chi connectivity index (χ0n) is 11.9. The molecular formula is C14H19NO5S. The quantitative estimate of drug-likeness (QED) is 0.878. The molecule has 0 bridgehead atoms. The summed E-state index contributed by atoms with van der Waals surface area (Å²) in [6.07, 6.45) is 2.49. The molecule has 0 aliphatic carbocycles. The molecule has 1 N–H and O–H groups in total. The second-order valence-corrected chi connectivity index (χ2v) is 7.12. The van der Waals surface area contributed by atoms with Crippen molar-refractivity contribution < 1.29 is 23.1 Å². The molecule has 1 aliphatic heterocycles. The molecule has 1 aliphatic rings. The maximum atomic E-state index is 11.8. The van der Waals surface area contributed by atoms with Gasteiger partial charge in [0.15, 0.2) is 9.84 Å². The Bertz CT molecular complexity index is 606. The van der Waals surface area contributed by atoms with Crippen LogP contribution < -0.4 is 4.90 Å². The topological polar surface area (TPSA) is 83.9 Å². The Labute approximate surface area is 124 Å². The summed E-state index contributed by atoms with van der Waals surface area (Å²) in [4.78, 5) is 12.8. The first-order chi connectivity index (χ1) is 9.88. The molecule has 1 aromatic rings. The zero-order valence-corrected chi connectivity index (χ0v) is 12.7. The van der Waals surface area contributed by atoms with Crippen LogP contribution in [-0.2, 0) is 19.4 Å². The highest BCUT2D eigenvalue weighted by atomic mass is 32.2. The van der Waals surface area contributed by atoms with Gasteiger partial charge >= 0.3 is 5.97 Å². The van der Waals surface area contributed by atoms with Crippen LogP contribution in [0.4, 0.5) is 5.69 Å². The lowest BCUT2D eigenvalue weighted by molar-refractivity contribution is -0.144. The molecule has 21 heavy (non-hydrogen) atoms. The summed E-state index contributed by atoms with van der Waals surface area (Å²) in [5, 5.41) is 8.60. The number of carboxylic acid groups (broad SMARTS) is 1. The lowest BCUT2D eigenvalue weighted by Crippen LogP contribution is -2.38. The smallest absolute Gasteiger partial charge is 0.329 e. The standard InChI is InChI=1S/C14H19NO5S/c1-21(18,19)13-5-3-2-4-12(13)15-8-6-11(7-9-15)20-10-14(16)17/h2-5,11H,6-10H2,1H3,(H,16,17). The number of nitrogens with zero attached hydrogens (tertiary/aromatic N) is 1. The van der Waals surface area contributed by atoms with Gasteiger partial charge in [0.2, 0.25) is 0 Å². The van der Waals surface area contributed by atoms with E-state index < -0.39 is 15.8 Å². The Morgan fingerprint density at radius 2 is 1.95 bits per heavy atom. The number of rotatable bonds is 5. The summed E-state index contributed by atoms with van der Waals surface area (Å²) in [6, 6.07) is 6.94. The van der Waals surface area contributed by atoms with Crippen LogP contribution in [0.1, 0.15) is 12.8 Å². The van der Waals surface area contributed by atoms with Gasteiger partial charge in [0.1, 0.15) is 6.61 Å². The summed E-state index contributed by atoms with van der Waals surface area (Å²) in [6.45, 7) is 1.01. The van der Waals surface area contributed by atoms with Gasteiger partial charge in [0.25, 0.3) is 0 Å². The van der Waals surface area contributed by atoms with Gasteiger partial charge in [-0.05, 0) is 25.0 Å². The second-order valence-electron chi connectivity index (χ2n) is 5.13. The number of benzene rings is 1. The van der Waals surface area contributed by atoms with E-state index in [4.69, 9.17) is 9.84 Å². The van der Waals surface area contributed by atoms with Gasteiger partial charge in [-0.25, -0.2) is 13.2 Å². The first-order valence-electron chi connectivity index (χ1n) is 6.75. The average Bonchev–Trinajstić information content (AvgIpc) is 2.45.